The van der Waals surface area contributed by atoms with E-state index < -0.39 is 6.09 Å². The summed E-state index contributed by atoms with van der Waals surface area (Å²) in [4.78, 5) is 29.3. The number of carbonyl (C=O) groups excluding carboxylic acids is 2. The van der Waals surface area contributed by atoms with E-state index in [1.807, 2.05) is 6.07 Å². The maximum Gasteiger partial charge on any atom is 0.434 e. The highest BCUT2D eigenvalue weighted by molar-refractivity contribution is 5.98. The van der Waals surface area contributed by atoms with Crippen LogP contribution in [0.2, 0.25) is 0 Å². The third-order valence-electron chi connectivity index (χ3n) is 4.91. The summed E-state index contributed by atoms with van der Waals surface area (Å²) in [7, 11) is 1.74. The Kier molecular flexibility index (Phi) is 5.72. The van der Waals surface area contributed by atoms with Crippen molar-refractivity contribution in [3.05, 3.63) is 71.9 Å². The van der Waals surface area contributed by atoms with Crippen LogP contribution in [0.4, 0.5) is 9.18 Å². The predicted molar refractivity (Wildman–Crippen MR) is 117 cm³/mol. The van der Waals surface area contributed by atoms with Gasteiger partial charge in [-0.2, -0.15) is 9.78 Å². The zero-order valence-corrected chi connectivity index (χ0v) is 17.9. The van der Waals surface area contributed by atoms with E-state index in [2.05, 4.69) is 15.4 Å². The first kappa shape index (κ1) is 21.2. The van der Waals surface area contributed by atoms with Gasteiger partial charge in [0.15, 0.2) is 0 Å². The van der Waals surface area contributed by atoms with Gasteiger partial charge in [0.05, 0.1) is 18.0 Å². The Balaban J connectivity index is 1.56. The Morgan fingerprint density at radius 1 is 1.19 bits per heavy atom. The van der Waals surface area contributed by atoms with Crippen LogP contribution in [0.15, 0.2) is 54.9 Å². The van der Waals surface area contributed by atoms with Crippen molar-refractivity contribution in [3.8, 4) is 11.3 Å². The number of pyridine rings is 1. The van der Waals surface area contributed by atoms with Crippen molar-refractivity contribution in [2.24, 2.45) is 7.05 Å². The summed E-state index contributed by atoms with van der Waals surface area (Å²) in [5, 5.41) is 7.56. The molecule has 1 aromatic carbocycles. The normalized spacial score (nSPS) is 11.2. The zero-order chi connectivity index (χ0) is 22.8. The molecule has 1 N–H and O–H groups in total. The first-order valence-electron chi connectivity index (χ1n) is 10.1. The molecule has 0 radical (unpaired) electrons. The number of fused-ring (bicyclic) bond motifs is 1. The number of aryl methyl sites for hydroxylation is 1. The van der Waals surface area contributed by atoms with Crippen LogP contribution in [0.5, 0.6) is 0 Å². The van der Waals surface area contributed by atoms with Crippen molar-refractivity contribution in [1.29, 1.82) is 0 Å². The molecule has 0 aliphatic rings. The smallest absolute Gasteiger partial charge is 0.434 e. The molecule has 164 valence electrons. The molecule has 3 aromatic heterocycles. The van der Waals surface area contributed by atoms with Crippen LogP contribution in [0.3, 0.4) is 0 Å². The number of amides is 1. The standard InChI is InChI=1S/C23H22FN5O3/c1-14(2)32-23(31)29-13-17(12-26-29)19-9-8-15-10-20(28(3)21(15)27-19)22(30)25-11-16-6-4-5-7-18(16)24/h4-10,12-14H,11H2,1-3H3,(H,25,30). The lowest BCUT2D eigenvalue weighted by Gasteiger charge is -2.07. The van der Waals surface area contributed by atoms with E-state index in [1.54, 1.807) is 62.0 Å². The van der Waals surface area contributed by atoms with Gasteiger partial charge in [-0.25, -0.2) is 14.2 Å². The summed E-state index contributed by atoms with van der Waals surface area (Å²) >= 11 is 0. The fourth-order valence-electron chi connectivity index (χ4n) is 3.30. The largest absolute Gasteiger partial charge is 0.445 e. The van der Waals surface area contributed by atoms with Gasteiger partial charge in [-0.05, 0) is 38.1 Å². The van der Waals surface area contributed by atoms with Crippen molar-refractivity contribution in [2.75, 3.05) is 0 Å². The van der Waals surface area contributed by atoms with Gasteiger partial charge < -0.3 is 14.6 Å². The molecule has 0 fully saturated rings. The molecule has 0 aliphatic carbocycles. The van der Waals surface area contributed by atoms with Gasteiger partial charge in [0.1, 0.15) is 17.2 Å². The molecule has 0 saturated carbocycles. The third kappa shape index (κ3) is 4.22. The minimum Gasteiger partial charge on any atom is -0.445 e. The van der Waals surface area contributed by atoms with E-state index in [0.29, 0.717) is 28.2 Å². The Morgan fingerprint density at radius 3 is 2.72 bits per heavy atom. The number of halogens is 1. The van der Waals surface area contributed by atoms with Crippen LogP contribution in [0.1, 0.15) is 29.9 Å². The fourth-order valence-corrected chi connectivity index (χ4v) is 3.30. The summed E-state index contributed by atoms with van der Waals surface area (Å²) in [6.07, 6.45) is 2.25. The summed E-state index contributed by atoms with van der Waals surface area (Å²) in [6.45, 7) is 3.60. The number of hydrogen-bond donors (Lipinski definition) is 1. The SMILES string of the molecule is CC(C)OC(=O)n1cc(-c2ccc3cc(C(=O)NCc4ccccc4F)n(C)c3n2)cn1. The number of nitrogens with zero attached hydrogens (tertiary/aromatic N) is 4. The Labute approximate surface area is 183 Å². The van der Waals surface area contributed by atoms with Gasteiger partial charge in [-0.1, -0.05) is 18.2 Å². The number of ether oxygens (including phenoxy) is 1. The highest BCUT2D eigenvalue weighted by Gasteiger charge is 2.17. The van der Waals surface area contributed by atoms with Gasteiger partial charge in [0.25, 0.3) is 5.91 Å². The second-order valence-corrected chi connectivity index (χ2v) is 7.58. The highest BCUT2D eigenvalue weighted by atomic mass is 19.1. The fraction of sp³-hybridized carbons (Fsp3) is 0.217. The molecule has 0 saturated heterocycles. The molecule has 8 nitrogen and oxygen atoms in total. The number of aromatic nitrogens is 4. The van der Waals surface area contributed by atoms with Crippen LogP contribution < -0.4 is 5.32 Å². The molecule has 32 heavy (non-hydrogen) atoms. The van der Waals surface area contributed by atoms with E-state index in [1.165, 1.54) is 12.3 Å². The molecule has 1 amide bonds. The predicted octanol–water partition coefficient (Wildman–Crippen LogP) is 3.90. The van der Waals surface area contributed by atoms with Crippen LogP contribution in [0, 0.1) is 5.82 Å². The Hall–Kier alpha value is -4.01. The van der Waals surface area contributed by atoms with Crippen molar-refractivity contribution in [2.45, 2.75) is 26.5 Å². The molecule has 0 bridgehead atoms. The topological polar surface area (TPSA) is 91.0 Å². The second-order valence-electron chi connectivity index (χ2n) is 7.58. The molecule has 4 aromatic rings. The minimum absolute atomic E-state index is 0.0807. The van der Waals surface area contributed by atoms with Gasteiger partial charge in [0.2, 0.25) is 0 Å². The van der Waals surface area contributed by atoms with E-state index in [9.17, 15) is 14.0 Å². The third-order valence-corrected chi connectivity index (χ3v) is 4.91. The number of rotatable bonds is 5. The van der Waals surface area contributed by atoms with Crippen molar-refractivity contribution < 1.29 is 18.7 Å². The summed E-state index contributed by atoms with van der Waals surface area (Å²) in [6, 6.07) is 11.7. The number of hydrogen-bond acceptors (Lipinski definition) is 5. The molecule has 0 spiro atoms. The molecule has 0 unspecified atom stereocenters. The van der Waals surface area contributed by atoms with Crippen molar-refractivity contribution in [3.63, 3.8) is 0 Å². The first-order valence-corrected chi connectivity index (χ1v) is 10.1. The van der Waals surface area contributed by atoms with Gasteiger partial charge >= 0.3 is 6.09 Å². The molecule has 3 heterocycles. The summed E-state index contributed by atoms with van der Waals surface area (Å²) in [5.41, 5.74) is 2.64. The van der Waals surface area contributed by atoms with Crippen LogP contribution in [-0.2, 0) is 18.3 Å². The Morgan fingerprint density at radius 2 is 1.97 bits per heavy atom. The van der Waals surface area contributed by atoms with Gasteiger partial charge in [-0.3, -0.25) is 4.79 Å². The van der Waals surface area contributed by atoms with E-state index in [4.69, 9.17) is 4.74 Å². The molecular weight excluding hydrogens is 413 g/mol. The number of nitrogens with one attached hydrogen (secondary N) is 1. The average Bonchev–Trinajstić information content (AvgIpc) is 3.38. The summed E-state index contributed by atoms with van der Waals surface area (Å²) in [5.74, 6) is -0.700. The summed E-state index contributed by atoms with van der Waals surface area (Å²) < 4.78 is 21.7. The van der Waals surface area contributed by atoms with Crippen molar-refractivity contribution in [1.82, 2.24) is 24.6 Å². The van der Waals surface area contributed by atoms with E-state index in [-0.39, 0.29) is 24.4 Å². The lowest BCUT2D eigenvalue weighted by atomic mass is 10.2. The molecule has 0 atom stereocenters. The highest BCUT2D eigenvalue weighted by Crippen LogP contribution is 2.23. The maximum atomic E-state index is 13.8. The zero-order valence-electron chi connectivity index (χ0n) is 17.9. The molecule has 9 heteroatoms. The van der Waals surface area contributed by atoms with Crippen LogP contribution in [-0.4, -0.2) is 37.4 Å². The monoisotopic (exact) mass is 435 g/mol. The lowest BCUT2D eigenvalue weighted by molar-refractivity contribution is 0.0942. The van der Waals surface area contributed by atoms with E-state index >= 15 is 0 Å². The van der Waals surface area contributed by atoms with Gasteiger partial charge in [-0.15, -0.1) is 0 Å². The lowest BCUT2D eigenvalue weighted by Crippen LogP contribution is -2.25. The Bertz CT molecular complexity index is 1310. The number of benzene rings is 1. The van der Waals surface area contributed by atoms with Crippen LogP contribution >= 0.6 is 0 Å². The van der Waals surface area contributed by atoms with Crippen LogP contribution in [0.25, 0.3) is 22.3 Å². The quantitative estimate of drug-likeness (QED) is 0.513. The minimum atomic E-state index is -0.569. The molecule has 4 rings (SSSR count). The average molecular weight is 435 g/mol. The second kappa shape index (κ2) is 8.62. The first-order chi connectivity index (χ1) is 15.3. The van der Waals surface area contributed by atoms with Gasteiger partial charge in [0, 0.05) is 36.3 Å². The molecular formula is C23H22FN5O3. The van der Waals surface area contributed by atoms with Crippen molar-refractivity contribution >= 4 is 23.0 Å². The number of carbonyl (C=O) groups is 2. The molecule has 0 aliphatic heterocycles. The van der Waals surface area contributed by atoms with E-state index in [0.717, 1.165) is 10.1 Å². The maximum absolute atomic E-state index is 13.8.